The third-order valence-corrected chi connectivity index (χ3v) is 8.00. The molecule has 0 saturated carbocycles. The van der Waals surface area contributed by atoms with Gasteiger partial charge in [0.25, 0.3) is 11.8 Å². The van der Waals surface area contributed by atoms with Gasteiger partial charge in [0.2, 0.25) is 0 Å². The van der Waals surface area contributed by atoms with Gasteiger partial charge < -0.3 is 35.4 Å². The highest BCUT2D eigenvalue weighted by Crippen LogP contribution is 2.31. The van der Waals surface area contributed by atoms with Crippen LogP contribution in [0.3, 0.4) is 0 Å². The minimum atomic E-state index is -2.01. The Bertz CT molecular complexity index is 1640. The van der Waals surface area contributed by atoms with Gasteiger partial charge in [-0.15, -0.1) is 0 Å². The number of carbonyl (C=O) groups excluding carboxylic acids is 2. The van der Waals surface area contributed by atoms with Gasteiger partial charge in [0.15, 0.2) is 12.2 Å². The molecule has 5 N–H and O–H groups in total. The van der Waals surface area contributed by atoms with Crippen LogP contribution in [0, 0.1) is 11.6 Å². The van der Waals surface area contributed by atoms with Gasteiger partial charge in [-0.25, -0.2) is 8.78 Å². The van der Waals surface area contributed by atoms with Crippen LogP contribution in [0.5, 0.6) is 0 Å². The lowest BCUT2D eigenvalue weighted by molar-refractivity contribution is -0.171. The van der Waals surface area contributed by atoms with E-state index in [0.29, 0.717) is 29.2 Å². The molecule has 246 valence electrons. The van der Waals surface area contributed by atoms with E-state index in [4.69, 9.17) is 9.47 Å². The van der Waals surface area contributed by atoms with E-state index in [1.54, 1.807) is 72.8 Å². The first kappa shape index (κ1) is 33.8. The van der Waals surface area contributed by atoms with Crippen molar-refractivity contribution in [3.8, 4) is 0 Å². The Morgan fingerprint density at radius 3 is 1.91 bits per heavy atom. The second-order valence-corrected chi connectivity index (χ2v) is 11.3. The fraction of sp³-hybridized carbons (Fsp3) is 0.278. The number of amides is 2. The van der Waals surface area contributed by atoms with Crippen LogP contribution in [0.25, 0.3) is 0 Å². The number of carbonyl (C=O) groups is 2. The minimum absolute atomic E-state index is 0.0181. The Labute approximate surface area is 270 Å². The summed E-state index contributed by atoms with van der Waals surface area (Å²) in [6.45, 7) is -0.648. The number of ether oxygens (including phenoxy) is 2. The Hall–Kier alpha value is -4.52. The molecule has 0 fully saturated rings. The summed E-state index contributed by atoms with van der Waals surface area (Å²) in [6.07, 6.45) is -8.09. The van der Waals surface area contributed by atoms with Crippen LogP contribution in [0.1, 0.15) is 33.9 Å². The Morgan fingerprint density at radius 2 is 1.32 bits per heavy atom. The van der Waals surface area contributed by atoms with Crippen molar-refractivity contribution in [1.29, 1.82) is 0 Å². The predicted molar refractivity (Wildman–Crippen MR) is 167 cm³/mol. The lowest BCUT2D eigenvalue weighted by Crippen LogP contribution is -2.56. The van der Waals surface area contributed by atoms with Gasteiger partial charge in [-0.1, -0.05) is 91.0 Å². The van der Waals surface area contributed by atoms with Gasteiger partial charge in [-0.3, -0.25) is 9.59 Å². The summed E-state index contributed by atoms with van der Waals surface area (Å²) in [4.78, 5) is 27.2. The molecule has 9 nitrogen and oxygen atoms in total. The van der Waals surface area contributed by atoms with E-state index in [1.165, 1.54) is 6.07 Å². The van der Waals surface area contributed by atoms with Crippen molar-refractivity contribution in [3.63, 3.8) is 0 Å². The van der Waals surface area contributed by atoms with Crippen molar-refractivity contribution in [1.82, 2.24) is 10.6 Å². The SMILES string of the molecule is O=C(NCc1ccc(F)cc1F)[C@H](OCc1ccccc1)[C@H](O)[C@@H](O)[C@@H](OCc1ccccc1)C(=O)N[C@H]1c2ccccc2C[C@H]1O. The molecular weight excluding hydrogens is 610 g/mol. The number of aliphatic hydroxyl groups is 3. The van der Waals surface area contributed by atoms with Crippen molar-refractivity contribution in [3.05, 3.63) is 143 Å². The molecule has 4 aromatic rings. The second kappa shape index (κ2) is 15.9. The van der Waals surface area contributed by atoms with E-state index in [-0.39, 0.29) is 25.3 Å². The van der Waals surface area contributed by atoms with E-state index >= 15 is 0 Å². The molecule has 0 unspecified atom stereocenters. The zero-order valence-electron chi connectivity index (χ0n) is 25.3. The molecule has 0 radical (unpaired) electrons. The molecule has 47 heavy (non-hydrogen) atoms. The number of hydrogen-bond donors (Lipinski definition) is 5. The van der Waals surface area contributed by atoms with Crippen LogP contribution in [0.15, 0.2) is 103 Å². The van der Waals surface area contributed by atoms with Crippen molar-refractivity contribution in [2.45, 2.75) is 62.7 Å². The first-order valence-electron chi connectivity index (χ1n) is 15.2. The Kier molecular flexibility index (Phi) is 11.4. The monoisotopic (exact) mass is 646 g/mol. The van der Waals surface area contributed by atoms with E-state index in [0.717, 1.165) is 11.6 Å². The lowest BCUT2D eigenvalue weighted by atomic mass is 10.00. The normalized spacial score (nSPS) is 18.1. The minimum Gasteiger partial charge on any atom is -0.390 e. The van der Waals surface area contributed by atoms with Gasteiger partial charge in [0.1, 0.15) is 23.8 Å². The molecule has 0 aromatic heterocycles. The molecule has 0 spiro atoms. The molecule has 4 aromatic carbocycles. The van der Waals surface area contributed by atoms with Crippen molar-refractivity contribution in [2.24, 2.45) is 0 Å². The second-order valence-electron chi connectivity index (χ2n) is 11.3. The quantitative estimate of drug-likeness (QED) is 0.142. The summed E-state index contributed by atoms with van der Waals surface area (Å²) in [5.41, 5.74) is 2.88. The number of rotatable bonds is 14. The third-order valence-electron chi connectivity index (χ3n) is 8.00. The van der Waals surface area contributed by atoms with Gasteiger partial charge in [-0.2, -0.15) is 0 Å². The fourth-order valence-corrected chi connectivity index (χ4v) is 5.47. The molecule has 0 heterocycles. The number of halogens is 2. The third kappa shape index (κ3) is 8.64. The highest BCUT2D eigenvalue weighted by atomic mass is 19.1. The Morgan fingerprint density at radius 1 is 0.766 bits per heavy atom. The molecule has 0 aliphatic heterocycles. The summed E-state index contributed by atoms with van der Waals surface area (Å²) < 4.78 is 39.3. The average Bonchev–Trinajstić information content (AvgIpc) is 3.39. The van der Waals surface area contributed by atoms with Crippen molar-refractivity contribution < 1.29 is 43.2 Å². The van der Waals surface area contributed by atoms with E-state index in [1.807, 2.05) is 12.1 Å². The number of aliphatic hydroxyl groups excluding tert-OH is 3. The topological polar surface area (TPSA) is 137 Å². The zero-order chi connectivity index (χ0) is 33.3. The Balaban J connectivity index is 1.37. The van der Waals surface area contributed by atoms with Gasteiger partial charge in [0, 0.05) is 24.6 Å². The number of benzene rings is 4. The fourth-order valence-electron chi connectivity index (χ4n) is 5.47. The molecular formula is C36H36F2N2O7. The van der Waals surface area contributed by atoms with Crippen molar-refractivity contribution in [2.75, 3.05) is 0 Å². The summed E-state index contributed by atoms with van der Waals surface area (Å²) >= 11 is 0. The van der Waals surface area contributed by atoms with Crippen LogP contribution < -0.4 is 10.6 Å². The molecule has 0 saturated heterocycles. The first-order chi connectivity index (χ1) is 22.7. The van der Waals surface area contributed by atoms with E-state index in [9.17, 15) is 33.7 Å². The molecule has 11 heteroatoms. The van der Waals surface area contributed by atoms with Gasteiger partial charge in [-0.05, 0) is 28.3 Å². The van der Waals surface area contributed by atoms with E-state index < -0.39 is 60.0 Å². The molecule has 1 aliphatic rings. The largest absolute Gasteiger partial charge is 0.390 e. The van der Waals surface area contributed by atoms with Crippen molar-refractivity contribution >= 4 is 11.8 Å². The molecule has 1 aliphatic carbocycles. The predicted octanol–water partition coefficient (Wildman–Crippen LogP) is 3.25. The number of hydrogen-bond acceptors (Lipinski definition) is 7. The first-order valence-corrected chi connectivity index (χ1v) is 15.2. The smallest absolute Gasteiger partial charge is 0.252 e. The van der Waals surface area contributed by atoms with Crippen LogP contribution >= 0.6 is 0 Å². The van der Waals surface area contributed by atoms with Gasteiger partial charge >= 0.3 is 0 Å². The van der Waals surface area contributed by atoms with Crippen LogP contribution in [-0.2, 0) is 45.2 Å². The highest BCUT2D eigenvalue weighted by Gasteiger charge is 2.42. The summed E-state index contributed by atoms with van der Waals surface area (Å²) in [5.74, 6) is -3.41. The van der Waals surface area contributed by atoms with Crippen LogP contribution in [0.2, 0.25) is 0 Å². The molecule has 5 rings (SSSR count). The molecule has 2 amide bonds. The highest BCUT2D eigenvalue weighted by molar-refractivity contribution is 5.84. The number of fused-ring (bicyclic) bond motifs is 1. The number of nitrogens with one attached hydrogen (secondary N) is 2. The summed E-state index contributed by atoms with van der Waals surface area (Å²) in [7, 11) is 0. The summed E-state index contributed by atoms with van der Waals surface area (Å²) in [5, 5.41) is 38.8. The molecule has 0 bridgehead atoms. The maximum absolute atomic E-state index is 14.3. The lowest BCUT2D eigenvalue weighted by Gasteiger charge is -2.31. The molecule has 6 atom stereocenters. The standard InChI is InChI=1S/C36H36F2N2O7/c37-26-16-15-25(28(38)18-26)19-39-35(44)33(46-20-22-9-3-1-4-10-22)31(42)32(43)34(47-21-23-11-5-2-6-12-23)36(45)40-30-27-14-8-7-13-24(27)17-29(30)41/h1-16,18,29-34,41-43H,17,19-21H2,(H,39,44)(H,40,45)/t29-,30+,31-,32-,33-,34-/m1/s1. The average molecular weight is 647 g/mol. The van der Waals surface area contributed by atoms with Crippen LogP contribution in [-0.4, -0.2) is 57.7 Å². The zero-order valence-corrected chi connectivity index (χ0v) is 25.3. The van der Waals surface area contributed by atoms with Gasteiger partial charge in [0.05, 0.1) is 25.4 Å². The summed E-state index contributed by atoms with van der Waals surface area (Å²) in [6, 6.07) is 26.9. The van der Waals surface area contributed by atoms with Crippen LogP contribution in [0.4, 0.5) is 8.78 Å². The maximum Gasteiger partial charge on any atom is 0.252 e. The maximum atomic E-state index is 14.3. The van der Waals surface area contributed by atoms with E-state index in [2.05, 4.69) is 10.6 Å².